The number of ether oxygens (including phenoxy) is 1. The van der Waals surface area contributed by atoms with E-state index in [4.69, 9.17) is 4.74 Å². The smallest absolute Gasteiger partial charge is 0.340 e. The topological polar surface area (TPSA) is 98.5 Å². The third-order valence-electron chi connectivity index (χ3n) is 3.23. The van der Waals surface area contributed by atoms with Crippen molar-refractivity contribution in [2.24, 2.45) is 0 Å². The maximum absolute atomic E-state index is 12.1. The van der Waals surface area contributed by atoms with Gasteiger partial charge in [-0.3, -0.25) is 14.9 Å². The molecule has 7 heteroatoms. The van der Waals surface area contributed by atoms with Crippen LogP contribution in [0, 0.1) is 10.1 Å². The molecule has 0 amide bonds. The second kappa shape index (κ2) is 7.87. The summed E-state index contributed by atoms with van der Waals surface area (Å²) in [5.74, 6) is -1.14. The number of carbonyl (C=O) groups is 2. The minimum atomic E-state index is -0.634. The number of para-hydroxylation sites is 1. The van der Waals surface area contributed by atoms with Gasteiger partial charge in [0.05, 0.1) is 10.5 Å². The summed E-state index contributed by atoms with van der Waals surface area (Å²) in [6.07, 6.45) is 0. The summed E-state index contributed by atoms with van der Waals surface area (Å²) in [5.41, 5.74) is 0.876. The van der Waals surface area contributed by atoms with Crippen LogP contribution in [-0.2, 0) is 4.74 Å². The third kappa shape index (κ3) is 4.16. The number of nitro groups is 1. The van der Waals surface area contributed by atoms with Crippen molar-refractivity contribution in [2.75, 3.05) is 18.5 Å². The van der Waals surface area contributed by atoms with Crippen molar-refractivity contribution in [2.45, 2.75) is 6.92 Å². The maximum Gasteiger partial charge on any atom is 0.340 e. The zero-order valence-corrected chi connectivity index (χ0v) is 13.0. The van der Waals surface area contributed by atoms with E-state index in [1.807, 2.05) is 6.92 Å². The number of esters is 1. The van der Waals surface area contributed by atoms with Crippen LogP contribution in [0.15, 0.2) is 48.5 Å². The number of hydrogen-bond acceptors (Lipinski definition) is 6. The Labute approximate surface area is 138 Å². The van der Waals surface area contributed by atoms with E-state index in [1.165, 1.54) is 18.2 Å². The first-order valence-corrected chi connectivity index (χ1v) is 7.30. The third-order valence-corrected chi connectivity index (χ3v) is 3.23. The summed E-state index contributed by atoms with van der Waals surface area (Å²) in [4.78, 5) is 34.3. The number of nitro benzene ring substituents is 1. The molecule has 0 fully saturated rings. The highest BCUT2D eigenvalue weighted by Crippen LogP contribution is 2.17. The first-order valence-electron chi connectivity index (χ1n) is 7.30. The molecule has 0 radical (unpaired) electrons. The van der Waals surface area contributed by atoms with E-state index < -0.39 is 23.3 Å². The van der Waals surface area contributed by atoms with Crippen LogP contribution in [0.3, 0.4) is 0 Å². The Bertz CT molecular complexity index is 773. The number of nitrogens with one attached hydrogen (secondary N) is 1. The van der Waals surface area contributed by atoms with E-state index in [0.717, 1.165) is 6.07 Å². The molecule has 0 aliphatic carbocycles. The van der Waals surface area contributed by atoms with Crippen LogP contribution in [0.5, 0.6) is 0 Å². The molecule has 0 saturated carbocycles. The molecular weight excluding hydrogens is 312 g/mol. The molecule has 0 saturated heterocycles. The molecule has 0 bridgehead atoms. The van der Waals surface area contributed by atoms with Gasteiger partial charge in [0, 0.05) is 29.9 Å². The van der Waals surface area contributed by atoms with Crippen LogP contribution in [-0.4, -0.2) is 29.8 Å². The maximum atomic E-state index is 12.1. The second-order valence-corrected chi connectivity index (χ2v) is 4.88. The Balaban J connectivity index is 2.05. The number of non-ortho nitro benzene ring substituents is 1. The fourth-order valence-corrected chi connectivity index (χ4v) is 2.09. The number of Topliss-reactive ketones (excluding diaryl/α,β-unsaturated/α-hetero) is 1. The Hall–Kier alpha value is -3.22. The lowest BCUT2D eigenvalue weighted by Crippen LogP contribution is -2.16. The number of rotatable bonds is 7. The van der Waals surface area contributed by atoms with Crippen molar-refractivity contribution >= 4 is 23.1 Å². The average molecular weight is 328 g/mol. The number of benzene rings is 2. The first kappa shape index (κ1) is 17.1. The summed E-state index contributed by atoms with van der Waals surface area (Å²) in [7, 11) is 0. The lowest BCUT2D eigenvalue weighted by Gasteiger charge is -2.10. The highest BCUT2D eigenvalue weighted by molar-refractivity contribution is 6.01. The van der Waals surface area contributed by atoms with Crippen molar-refractivity contribution < 1.29 is 19.2 Å². The van der Waals surface area contributed by atoms with Gasteiger partial charge in [0.2, 0.25) is 5.78 Å². The van der Waals surface area contributed by atoms with Crippen LogP contribution < -0.4 is 5.32 Å². The van der Waals surface area contributed by atoms with Gasteiger partial charge in [-0.25, -0.2) is 4.79 Å². The molecule has 0 heterocycles. The molecule has 1 N–H and O–H groups in total. The molecular formula is C17H16N2O5. The largest absolute Gasteiger partial charge is 0.454 e. The van der Waals surface area contributed by atoms with Gasteiger partial charge < -0.3 is 10.1 Å². The lowest BCUT2D eigenvalue weighted by molar-refractivity contribution is -0.384. The molecule has 0 spiro atoms. The zero-order chi connectivity index (χ0) is 17.5. The van der Waals surface area contributed by atoms with Crippen molar-refractivity contribution in [1.82, 2.24) is 0 Å². The van der Waals surface area contributed by atoms with E-state index in [0.29, 0.717) is 17.8 Å². The van der Waals surface area contributed by atoms with E-state index in [2.05, 4.69) is 5.32 Å². The zero-order valence-electron chi connectivity index (χ0n) is 13.0. The van der Waals surface area contributed by atoms with Gasteiger partial charge in [0.15, 0.2) is 6.61 Å². The van der Waals surface area contributed by atoms with Gasteiger partial charge in [-0.1, -0.05) is 24.3 Å². The van der Waals surface area contributed by atoms with Crippen LogP contribution in [0.25, 0.3) is 0 Å². The van der Waals surface area contributed by atoms with E-state index in [1.54, 1.807) is 24.3 Å². The van der Waals surface area contributed by atoms with Gasteiger partial charge in [-0.2, -0.15) is 0 Å². The van der Waals surface area contributed by atoms with Gasteiger partial charge in [-0.15, -0.1) is 0 Å². The van der Waals surface area contributed by atoms with Gasteiger partial charge in [-0.05, 0) is 19.1 Å². The molecule has 7 nitrogen and oxygen atoms in total. The fourth-order valence-electron chi connectivity index (χ4n) is 2.09. The van der Waals surface area contributed by atoms with Crippen molar-refractivity contribution in [3.63, 3.8) is 0 Å². The van der Waals surface area contributed by atoms with Crippen LogP contribution in [0.2, 0.25) is 0 Å². The predicted molar refractivity (Wildman–Crippen MR) is 88.3 cm³/mol. The fraction of sp³-hybridized carbons (Fsp3) is 0.176. The summed E-state index contributed by atoms with van der Waals surface area (Å²) in [6, 6.07) is 12.1. The second-order valence-electron chi connectivity index (χ2n) is 4.88. The SMILES string of the molecule is CCNc1ccccc1C(=O)OCC(=O)c1cccc([N+](=O)[O-])c1. The van der Waals surface area contributed by atoms with E-state index in [9.17, 15) is 19.7 Å². The lowest BCUT2D eigenvalue weighted by atomic mass is 10.1. The predicted octanol–water partition coefficient (Wildman–Crippen LogP) is 3.07. The standard InChI is InChI=1S/C17H16N2O5/c1-2-18-15-9-4-3-8-14(15)17(21)24-11-16(20)12-6-5-7-13(10-12)19(22)23/h3-10,18H,2,11H2,1H3. The summed E-state index contributed by atoms with van der Waals surface area (Å²) in [5, 5.41) is 13.8. The molecule has 0 atom stereocenters. The number of ketones is 1. The summed E-state index contributed by atoms with van der Waals surface area (Å²) < 4.78 is 5.03. The number of nitrogens with zero attached hydrogens (tertiary/aromatic N) is 1. The Morgan fingerprint density at radius 1 is 1.17 bits per heavy atom. The molecule has 2 aromatic rings. The summed E-state index contributed by atoms with van der Waals surface area (Å²) in [6.45, 7) is 2.05. The van der Waals surface area contributed by atoms with Gasteiger partial charge in [0.25, 0.3) is 5.69 Å². The minimum Gasteiger partial charge on any atom is -0.454 e. The van der Waals surface area contributed by atoms with Crippen LogP contribution in [0.4, 0.5) is 11.4 Å². The van der Waals surface area contributed by atoms with Crippen molar-refractivity contribution in [1.29, 1.82) is 0 Å². The van der Waals surface area contributed by atoms with Crippen molar-refractivity contribution in [3.8, 4) is 0 Å². The van der Waals surface area contributed by atoms with Gasteiger partial charge in [0.1, 0.15) is 0 Å². The molecule has 24 heavy (non-hydrogen) atoms. The average Bonchev–Trinajstić information content (AvgIpc) is 2.60. The monoisotopic (exact) mass is 328 g/mol. The normalized spacial score (nSPS) is 10.0. The molecule has 124 valence electrons. The first-order chi connectivity index (χ1) is 11.5. The Morgan fingerprint density at radius 3 is 2.62 bits per heavy atom. The molecule has 0 unspecified atom stereocenters. The van der Waals surface area contributed by atoms with Crippen LogP contribution in [0.1, 0.15) is 27.6 Å². The highest BCUT2D eigenvalue weighted by Gasteiger charge is 2.16. The number of carbonyl (C=O) groups excluding carboxylic acids is 2. The Morgan fingerprint density at radius 2 is 1.92 bits per heavy atom. The molecule has 2 rings (SSSR count). The Kier molecular flexibility index (Phi) is 5.62. The number of hydrogen-bond donors (Lipinski definition) is 1. The van der Waals surface area contributed by atoms with Crippen molar-refractivity contribution in [3.05, 3.63) is 69.8 Å². The molecule has 2 aromatic carbocycles. The molecule has 0 aromatic heterocycles. The molecule has 0 aliphatic heterocycles. The quantitative estimate of drug-likeness (QED) is 0.363. The number of anilines is 1. The molecule has 0 aliphatic rings. The highest BCUT2D eigenvalue weighted by atomic mass is 16.6. The van der Waals surface area contributed by atoms with E-state index in [-0.39, 0.29) is 11.3 Å². The summed E-state index contributed by atoms with van der Waals surface area (Å²) >= 11 is 0. The van der Waals surface area contributed by atoms with Gasteiger partial charge >= 0.3 is 5.97 Å². The minimum absolute atomic E-state index is 0.122. The van der Waals surface area contributed by atoms with E-state index >= 15 is 0 Å². The van der Waals surface area contributed by atoms with Crippen LogP contribution >= 0.6 is 0 Å².